The van der Waals surface area contributed by atoms with E-state index in [4.69, 9.17) is 0 Å². The molecule has 0 bridgehead atoms. The molecule has 3 nitrogen and oxygen atoms in total. The second-order valence-corrected chi connectivity index (χ2v) is 5.47. The summed E-state index contributed by atoms with van der Waals surface area (Å²) >= 11 is 0. The molecule has 96 valence electrons. The number of hydrogen-bond donors (Lipinski definition) is 2. The molecule has 3 rings (SSSR count). The molecule has 0 radical (unpaired) electrons. The first-order valence-corrected chi connectivity index (χ1v) is 6.92. The van der Waals surface area contributed by atoms with Crippen LogP contribution in [0.2, 0.25) is 0 Å². The van der Waals surface area contributed by atoms with Gasteiger partial charge in [-0.15, -0.1) is 0 Å². The lowest BCUT2D eigenvalue weighted by Crippen LogP contribution is -2.33. The minimum Gasteiger partial charge on any atom is -0.384 e. The molecule has 1 heterocycles. The number of rotatable bonds is 4. The highest BCUT2D eigenvalue weighted by molar-refractivity contribution is 5.78. The first kappa shape index (κ1) is 11.6. The Bertz CT molecular complexity index is 440. The minimum atomic E-state index is 0.199. The lowest BCUT2D eigenvalue weighted by atomic mass is 9.85. The van der Waals surface area contributed by atoms with Gasteiger partial charge in [-0.3, -0.25) is 4.79 Å². The van der Waals surface area contributed by atoms with Crippen molar-refractivity contribution < 1.29 is 4.79 Å². The van der Waals surface area contributed by atoms with E-state index in [9.17, 15) is 4.79 Å². The summed E-state index contributed by atoms with van der Waals surface area (Å²) in [5.41, 5.74) is 2.48. The van der Waals surface area contributed by atoms with Gasteiger partial charge in [0.2, 0.25) is 5.91 Å². The molecule has 18 heavy (non-hydrogen) atoms. The van der Waals surface area contributed by atoms with Gasteiger partial charge in [0.05, 0.1) is 0 Å². The smallest absolute Gasteiger partial charge is 0.220 e. The lowest BCUT2D eigenvalue weighted by molar-refractivity contribution is -0.121. The Morgan fingerprint density at radius 2 is 2.17 bits per heavy atom. The number of hydrogen-bond acceptors (Lipinski definition) is 2. The third-order valence-electron chi connectivity index (χ3n) is 4.18. The highest BCUT2D eigenvalue weighted by atomic mass is 16.1. The Morgan fingerprint density at radius 3 is 2.94 bits per heavy atom. The number of fused-ring (bicyclic) bond motifs is 1. The number of benzene rings is 1. The Balaban J connectivity index is 1.52. The van der Waals surface area contributed by atoms with Crippen LogP contribution < -0.4 is 10.6 Å². The van der Waals surface area contributed by atoms with Gasteiger partial charge < -0.3 is 10.6 Å². The summed E-state index contributed by atoms with van der Waals surface area (Å²) in [4.78, 5) is 11.9. The summed E-state index contributed by atoms with van der Waals surface area (Å²) in [6.07, 6.45) is 4.51. The average molecular weight is 244 g/mol. The fraction of sp³-hybridized carbons (Fsp3) is 0.533. The van der Waals surface area contributed by atoms with E-state index in [0.717, 1.165) is 19.0 Å². The Labute approximate surface area is 108 Å². The van der Waals surface area contributed by atoms with Crippen molar-refractivity contribution in [1.29, 1.82) is 0 Å². The standard InChI is InChI=1S/C15H20N2O/c18-15(17-9-11-4-3-5-11)8-12-10-16-14-7-2-1-6-13(12)14/h1-2,6-7,11-12,16H,3-5,8-10H2,(H,17,18). The molecule has 1 atom stereocenters. The van der Waals surface area contributed by atoms with Crippen molar-refractivity contribution in [3.8, 4) is 0 Å². The van der Waals surface area contributed by atoms with E-state index in [1.807, 2.05) is 12.1 Å². The molecule has 2 N–H and O–H groups in total. The molecule has 2 aliphatic rings. The van der Waals surface area contributed by atoms with E-state index in [1.54, 1.807) is 0 Å². The molecule has 1 fully saturated rings. The van der Waals surface area contributed by atoms with E-state index in [0.29, 0.717) is 12.3 Å². The van der Waals surface area contributed by atoms with Crippen LogP contribution in [0, 0.1) is 5.92 Å². The topological polar surface area (TPSA) is 41.1 Å². The fourth-order valence-corrected chi connectivity index (χ4v) is 2.79. The third kappa shape index (κ3) is 2.35. The van der Waals surface area contributed by atoms with Gasteiger partial charge in [-0.05, 0) is 30.4 Å². The number of carbonyl (C=O) groups is 1. The number of anilines is 1. The van der Waals surface area contributed by atoms with Crippen molar-refractivity contribution in [2.24, 2.45) is 5.92 Å². The predicted molar refractivity (Wildman–Crippen MR) is 72.6 cm³/mol. The van der Waals surface area contributed by atoms with Crippen LogP contribution in [0.3, 0.4) is 0 Å². The van der Waals surface area contributed by atoms with Crippen LogP contribution in [0.4, 0.5) is 5.69 Å². The molecule has 0 spiro atoms. The van der Waals surface area contributed by atoms with E-state index < -0.39 is 0 Å². The fourth-order valence-electron chi connectivity index (χ4n) is 2.79. The van der Waals surface area contributed by atoms with Gasteiger partial charge in [-0.2, -0.15) is 0 Å². The van der Waals surface area contributed by atoms with Gasteiger partial charge in [0, 0.05) is 31.1 Å². The van der Waals surface area contributed by atoms with E-state index in [1.165, 1.54) is 30.5 Å². The third-order valence-corrected chi connectivity index (χ3v) is 4.18. The first-order valence-electron chi connectivity index (χ1n) is 6.92. The van der Waals surface area contributed by atoms with Gasteiger partial charge in [0.15, 0.2) is 0 Å². The maximum Gasteiger partial charge on any atom is 0.220 e. The Hall–Kier alpha value is -1.51. The van der Waals surface area contributed by atoms with Crippen LogP contribution >= 0.6 is 0 Å². The summed E-state index contributed by atoms with van der Waals surface area (Å²) in [7, 11) is 0. The number of nitrogens with one attached hydrogen (secondary N) is 2. The largest absolute Gasteiger partial charge is 0.384 e. The van der Waals surface area contributed by atoms with Gasteiger partial charge in [-0.25, -0.2) is 0 Å². The average Bonchev–Trinajstić information content (AvgIpc) is 2.71. The van der Waals surface area contributed by atoms with Crippen LogP contribution in [0.1, 0.15) is 37.2 Å². The van der Waals surface area contributed by atoms with Crippen LogP contribution in [0.25, 0.3) is 0 Å². The summed E-state index contributed by atoms with van der Waals surface area (Å²) in [5, 5.41) is 6.44. The number of para-hydroxylation sites is 1. The van der Waals surface area contributed by atoms with Gasteiger partial charge >= 0.3 is 0 Å². The van der Waals surface area contributed by atoms with Crippen molar-refractivity contribution in [2.45, 2.75) is 31.6 Å². The summed E-state index contributed by atoms with van der Waals surface area (Å²) < 4.78 is 0. The summed E-state index contributed by atoms with van der Waals surface area (Å²) in [6.45, 7) is 1.76. The zero-order valence-corrected chi connectivity index (χ0v) is 10.6. The van der Waals surface area contributed by atoms with E-state index in [-0.39, 0.29) is 5.91 Å². The maximum absolute atomic E-state index is 11.9. The Kier molecular flexibility index (Phi) is 3.22. The SMILES string of the molecule is O=C(CC1CNc2ccccc21)NCC1CCC1. The minimum absolute atomic E-state index is 0.199. The van der Waals surface area contributed by atoms with Crippen LogP contribution in [-0.2, 0) is 4.79 Å². The molecule has 0 saturated heterocycles. The second-order valence-electron chi connectivity index (χ2n) is 5.47. The molecule has 0 aromatic heterocycles. The zero-order valence-electron chi connectivity index (χ0n) is 10.6. The normalized spacial score (nSPS) is 21.9. The van der Waals surface area contributed by atoms with Crippen molar-refractivity contribution in [3.63, 3.8) is 0 Å². The molecule has 1 aromatic rings. The molecule has 1 aromatic carbocycles. The van der Waals surface area contributed by atoms with Gasteiger partial charge in [-0.1, -0.05) is 24.6 Å². The van der Waals surface area contributed by atoms with E-state index in [2.05, 4.69) is 22.8 Å². The lowest BCUT2D eigenvalue weighted by Gasteiger charge is -2.25. The zero-order chi connectivity index (χ0) is 12.4. The van der Waals surface area contributed by atoms with Crippen molar-refractivity contribution >= 4 is 11.6 Å². The molecule has 1 aliphatic carbocycles. The van der Waals surface area contributed by atoms with Gasteiger partial charge in [0.25, 0.3) is 0 Å². The molecular weight excluding hydrogens is 224 g/mol. The summed E-state index contributed by atoms with van der Waals surface area (Å²) in [6, 6.07) is 8.29. The second kappa shape index (κ2) is 5.01. The van der Waals surface area contributed by atoms with Crippen LogP contribution in [-0.4, -0.2) is 19.0 Å². The molecular formula is C15H20N2O. The quantitative estimate of drug-likeness (QED) is 0.854. The van der Waals surface area contributed by atoms with Crippen LogP contribution in [0.15, 0.2) is 24.3 Å². The Morgan fingerprint density at radius 1 is 1.33 bits per heavy atom. The monoisotopic (exact) mass is 244 g/mol. The van der Waals surface area contributed by atoms with Crippen molar-refractivity contribution in [1.82, 2.24) is 5.32 Å². The van der Waals surface area contributed by atoms with Gasteiger partial charge in [0.1, 0.15) is 0 Å². The number of carbonyl (C=O) groups excluding carboxylic acids is 1. The van der Waals surface area contributed by atoms with E-state index >= 15 is 0 Å². The molecule has 1 unspecified atom stereocenters. The maximum atomic E-state index is 11.9. The summed E-state index contributed by atoms with van der Waals surface area (Å²) in [5.74, 6) is 1.27. The molecule has 1 saturated carbocycles. The highest BCUT2D eigenvalue weighted by Gasteiger charge is 2.24. The highest BCUT2D eigenvalue weighted by Crippen LogP contribution is 2.33. The van der Waals surface area contributed by atoms with Crippen molar-refractivity contribution in [2.75, 3.05) is 18.4 Å². The molecule has 1 amide bonds. The first-order chi connectivity index (χ1) is 8.83. The molecule has 1 aliphatic heterocycles. The predicted octanol–water partition coefficient (Wildman–Crippen LogP) is 2.50. The molecule has 3 heteroatoms. The number of amides is 1. The van der Waals surface area contributed by atoms with Crippen molar-refractivity contribution in [3.05, 3.63) is 29.8 Å². The van der Waals surface area contributed by atoms with Crippen LogP contribution in [0.5, 0.6) is 0 Å².